The second kappa shape index (κ2) is 7.10. The van der Waals surface area contributed by atoms with Crippen molar-refractivity contribution in [3.63, 3.8) is 0 Å². The van der Waals surface area contributed by atoms with E-state index in [1.807, 2.05) is 13.8 Å². The quantitative estimate of drug-likeness (QED) is 0.514. The smallest absolute Gasteiger partial charge is 0.265 e. The number of ether oxygens (including phenoxy) is 1. The number of likely N-dealkylation sites (N-methyl/N-ethyl adjacent to an activating group) is 1. The maximum atomic E-state index is 12.1. The minimum absolute atomic E-state index is 0.00719. The predicted molar refractivity (Wildman–Crippen MR) is 93.3 cm³/mol. The van der Waals surface area contributed by atoms with Gasteiger partial charge in [-0.3, -0.25) is 19.8 Å². The first-order valence-electron chi connectivity index (χ1n) is 7.14. The van der Waals surface area contributed by atoms with E-state index in [4.69, 9.17) is 28.6 Å². The Balaban J connectivity index is 2.29. The molecule has 1 fully saturated rings. The average Bonchev–Trinajstić information content (AvgIpc) is 2.51. The molecule has 0 radical (unpaired) electrons. The highest BCUT2D eigenvalue weighted by atomic mass is 35.5. The Hall–Kier alpha value is -1.92. The fraction of sp³-hybridized carbons (Fsp3) is 0.312. The number of nitrogens with one attached hydrogen (secondary N) is 1. The van der Waals surface area contributed by atoms with Crippen LogP contribution in [0.25, 0.3) is 6.08 Å². The van der Waals surface area contributed by atoms with E-state index in [1.165, 1.54) is 18.0 Å². The number of hydrogen-bond donors (Lipinski definition) is 1. The van der Waals surface area contributed by atoms with Gasteiger partial charge in [0.15, 0.2) is 5.11 Å². The van der Waals surface area contributed by atoms with E-state index < -0.39 is 11.8 Å². The first-order valence-corrected chi connectivity index (χ1v) is 7.93. The van der Waals surface area contributed by atoms with Gasteiger partial charge in [-0.15, -0.1) is 0 Å². The Bertz CT molecular complexity index is 703. The molecular weight excluding hydrogens is 336 g/mol. The lowest BCUT2D eigenvalue weighted by atomic mass is 10.1. The van der Waals surface area contributed by atoms with Gasteiger partial charge in [-0.25, -0.2) is 0 Å². The fourth-order valence-electron chi connectivity index (χ4n) is 1.91. The third-order valence-corrected chi connectivity index (χ3v) is 4.15. The van der Waals surface area contributed by atoms with Crippen molar-refractivity contribution in [2.75, 3.05) is 7.05 Å². The monoisotopic (exact) mass is 352 g/mol. The van der Waals surface area contributed by atoms with Crippen LogP contribution in [0.5, 0.6) is 5.75 Å². The topological polar surface area (TPSA) is 58.6 Å². The lowest BCUT2D eigenvalue weighted by Crippen LogP contribution is -2.52. The van der Waals surface area contributed by atoms with Gasteiger partial charge in [0.05, 0.1) is 11.1 Å². The Morgan fingerprint density at radius 3 is 2.74 bits per heavy atom. The van der Waals surface area contributed by atoms with Gasteiger partial charge in [-0.05, 0) is 49.3 Å². The molecule has 122 valence electrons. The van der Waals surface area contributed by atoms with Crippen LogP contribution in [0, 0.1) is 0 Å². The summed E-state index contributed by atoms with van der Waals surface area (Å²) in [6, 6.07) is 5.12. The van der Waals surface area contributed by atoms with E-state index in [2.05, 4.69) is 5.32 Å². The van der Waals surface area contributed by atoms with Crippen LogP contribution in [0.4, 0.5) is 0 Å². The molecule has 0 bridgehead atoms. The SMILES string of the molecule is CCC(C)Oc1ccc(C=C2C(=O)NC(=S)N(C)C2=O)cc1Cl. The minimum Gasteiger partial charge on any atom is -0.489 e. The molecule has 23 heavy (non-hydrogen) atoms. The number of carbonyl (C=O) groups is 2. The molecule has 1 aliphatic rings. The number of carbonyl (C=O) groups excluding carboxylic acids is 2. The predicted octanol–water partition coefficient (Wildman–Crippen LogP) is 2.77. The van der Waals surface area contributed by atoms with Crippen molar-refractivity contribution < 1.29 is 14.3 Å². The Labute approximate surface area is 145 Å². The molecule has 2 amide bonds. The summed E-state index contributed by atoms with van der Waals surface area (Å²) in [6.07, 6.45) is 2.40. The van der Waals surface area contributed by atoms with Crippen molar-refractivity contribution in [3.05, 3.63) is 34.4 Å². The van der Waals surface area contributed by atoms with E-state index in [0.29, 0.717) is 16.3 Å². The van der Waals surface area contributed by atoms with Crippen LogP contribution in [0.3, 0.4) is 0 Å². The van der Waals surface area contributed by atoms with Gasteiger partial charge >= 0.3 is 0 Å². The molecule has 1 unspecified atom stereocenters. The van der Waals surface area contributed by atoms with Crippen LogP contribution in [-0.4, -0.2) is 35.0 Å². The Morgan fingerprint density at radius 2 is 2.13 bits per heavy atom. The third kappa shape index (κ3) is 3.89. The Morgan fingerprint density at radius 1 is 1.43 bits per heavy atom. The number of amides is 2. The number of halogens is 1. The first kappa shape index (κ1) is 17.4. The lowest BCUT2D eigenvalue weighted by molar-refractivity contribution is -0.128. The summed E-state index contributed by atoms with van der Waals surface area (Å²) >= 11 is 11.1. The average molecular weight is 353 g/mol. The van der Waals surface area contributed by atoms with Gasteiger partial charge in [-0.2, -0.15) is 0 Å². The maximum absolute atomic E-state index is 12.1. The highest BCUT2D eigenvalue weighted by Gasteiger charge is 2.30. The Kier molecular flexibility index (Phi) is 5.38. The normalized spacial score (nSPS) is 18.2. The summed E-state index contributed by atoms with van der Waals surface area (Å²) < 4.78 is 5.69. The summed E-state index contributed by atoms with van der Waals surface area (Å²) in [5.41, 5.74) is 0.638. The van der Waals surface area contributed by atoms with Gasteiger partial charge in [0.25, 0.3) is 11.8 Å². The molecule has 1 aromatic rings. The van der Waals surface area contributed by atoms with E-state index in [9.17, 15) is 9.59 Å². The summed E-state index contributed by atoms with van der Waals surface area (Å²) in [5.74, 6) is -0.398. The van der Waals surface area contributed by atoms with Gasteiger partial charge in [-0.1, -0.05) is 24.6 Å². The molecule has 0 aliphatic carbocycles. The zero-order valence-electron chi connectivity index (χ0n) is 13.1. The van der Waals surface area contributed by atoms with Crippen molar-refractivity contribution in [2.45, 2.75) is 26.4 Å². The minimum atomic E-state index is -0.519. The molecule has 1 N–H and O–H groups in total. The van der Waals surface area contributed by atoms with Crippen molar-refractivity contribution in [2.24, 2.45) is 0 Å². The summed E-state index contributed by atoms with van der Waals surface area (Å²) in [7, 11) is 1.51. The van der Waals surface area contributed by atoms with Gasteiger partial charge in [0.2, 0.25) is 0 Å². The highest BCUT2D eigenvalue weighted by Crippen LogP contribution is 2.28. The number of thiocarbonyl (C=S) groups is 1. The zero-order valence-corrected chi connectivity index (χ0v) is 14.6. The van der Waals surface area contributed by atoms with E-state index in [0.717, 1.165) is 6.42 Å². The molecule has 1 aromatic carbocycles. The fourth-order valence-corrected chi connectivity index (χ4v) is 2.32. The van der Waals surface area contributed by atoms with Gasteiger partial charge in [0.1, 0.15) is 11.3 Å². The van der Waals surface area contributed by atoms with Crippen LogP contribution >= 0.6 is 23.8 Å². The molecule has 7 heteroatoms. The summed E-state index contributed by atoms with van der Waals surface area (Å²) in [5, 5.41) is 2.97. The molecule has 2 rings (SSSR count). The lowest BCUT2D eigenvalue weighted by Gasteiger charge is -2.25. The van der Waals surface area contributed by atoms with E-state index in [1.54, 1.807) is 18.2 Å². The molecule has 1 saturated heterocycles. The molecule has 1 atom stereocenters. The third-order valence-electron chi connectivity index (χ3n) is 3.47. The van der Waals surface area contributed by atoms with E-state index >= 15 is 0 Å². The summed E-state index contributed by atoms with van der Waals surface area (Å²) in [6.45, 7) is 3.97. The van der Waals surface area contributed by atoms with Crippen molar-refractivity contribution in [1.82, 2.24) is 10.2 Å². The highest BCUT2D eigenvalue weighted by molar-refractivity contribution is 7.80. The second-order valence-electron chi connectivity index (χ2n) is 5.21. The van der Waals surface area contributed by atoms with Gasteiger partial charge < -0.3 is 4.74 Å². The molecule has 1 aliphatic heterocycles. The first-order chi connectivity index (χ1) is 10.8. The maximum Gasteiger partial charge on any atom is 0.265 e. The standard InChI is InChI=1S/C16H17ClN2O3S/c1-4-9(2)22-13-6-5-10(8-12(13)17)7-11-14(20)18-16(23)19(3)15(11)21/h5-9H,4H2,1-3H3,(H,18,20,23). The largest absolute Gasteiger partial charge is 0.489 e. The van der Waals surface area contributed by atoms with Crippen molar-refractivity contribution in [1.29, 1.82) is 0 Å². The van der Waals surface area contributed by atoms with Crippen molar-refractivity contribution in [3.8, 4) is 5.75 Å². The molecular formula is C16H17ClN2O3S. The van der Waals surface area contributed by atoms with Gasteiger partial charge in [0, 0.05) is 7.05 Å². The summed E-state index contributed by atoms with van der Waals surface area (Å²) in [4.78, 5) is 25.3. The number of benzene rings is 1. The van der Waals surface area contributed by atoms with Crippen LogP contribution in [0.1, 0.15) is 25.8 Å². The van der Waals surface area contributed by atoms with Crippen LogP contribution in [0.2, 0.25) is 5.02 Å². The molecule has 0 spiro atoms. The molecule has 5 nitrogen and oxygen atoms in total. The second-order valence-corrected chi connectivity index (χ2v) is 6.00. The molecule has 0 aromatic heterocycles. The molecule has 0 saturated carbocycles. The number of nitrogens with zero attached hydrogens (tertiary/aromatic N) is 1. The van der Waals surface area contributed by atoms with Crippen LogP contribution in [0.15, 0.2) is 23.8 Å². The van der Waals surface area contributed by atoms with Crippen LogP contribution < -0.4 is 10.1 Å². The van der Waals surface area contributed by atoms with Crippen LogP contribution in [-0.2, 0) is 9.59 Å². The van der Waals surface area contributed by atoms with E-state index in [-0.39, 0.29) is 16.8 Å². The molecule has 1 heterocycles. The van der Waals surface area contributed by atoms with Crippen molar-refractivity contribution >= 4 is 46.8 Å². The number of rotatable bonds is 4. The number of hydrogen-bond acceptors (Lipinski definition) is 4. The zero-order chi connectivity index (χ0) is 17.1.